The molecule has 0 amide bonds. The third-order valence-electron chi connectivity index (χ3n) is 5.41. The quantitative estimate of drug-likeness (QED) is 0.861. The van der Waals surface area contributed by atoms with Crippen molar-refractivity contribution in [2.45, 2.75) is 44.2 Å². The molecule has 0 aliphatic carbocycles. The number of aliphatic imine (C=N–C) groups is 1. The second-order valence-corrected chi connectivity index (χ2v) is 7.37. The molecular weight excluding hydrogens is 357 g/mol. The van der Waals surface area contributed by atoms with Gasteiger partial charge in [0.25, 0.3) is 6.02 Å². The maximum Gasteiger partial charge on any atom is 0.283 e. The number of hydrogen-bond acceptors (Lipinski definition) is 5. The van der Waals surface area contributed by atoms with Crippen molar-refractivity contribution in [3.8, 4) is 22.9 Å². The van der Waals surface area contributed by atoms with E-state index in [-0.39, 0.29) is 17.9 Å². The van der Waals surface area contributed by atoms with Crippen LogP contribution >= 0.6 is 0 Å². The molecule has 6 heteroatoms. The van der Waals surface area contributed by atoms with E-state index in [2.05, 4.69) is 18.0 Å². The summed E-state index contributed by atoms with van der Waals surface area (Å²) in [5.74, 6) is 0.353. The fourth-order valence-corrected chi connectivity index (χ4v) is 3.99. The number of nitrogens with zero attached hydrogens (tertiary/aromatic N) is 2. The minimum Gasteiger partial charge on any atom is -0.490 e. The number of amidine groups is 1. The van der Waals surface area contributed by atoms with Gasteiger partial charge >= 0.3 is 0 Å². The summed E-state index contributed by atoms with van der Waals surface area (Å²) in [6.07, 6.45) is 3.81. The molecule has 2 heterocycles. The summed E-state index contributed by atoms with van der Waals surface area (Å²) in [5, 5.41) is 9.15. The molecule has 0 fully saturated rings. The third-order valence-corrected chi connectivity index (χ3v) is 5.41. The van der Waals surface area contributed by atoms with Gasteiger partial charge < -0.3 is 15.2 Å². The number of fused-ring (bicyclic) bond motifs is 2. The van der Waals surface area contributed by atoms with Gasteiger partial charge in [-0.3, -0.25) is 0 Å². The molecule has 1 spiro atoms. The average Bonchev–Trinajstić information content (AvgIpc) is 3.07. The van der Waals surface area contributed by atoms with Crippen LogP contribution in [0.4, 0.5) is 4.39 Å². The van der Waals surface area contributed by atoms with E-state index in [4.69, 9.17) is 20.5 Å². The van der Waals surface area contributed by atoms with Gasteiger partial charge in [0, 0.05) is 17.5 Å². The summed E-state index contributed by atoms with van der Waals surface area (Å²) in [6, 6.07) is 12.1. The number of nitriles is 1. The highest BCUT2D eigenvalue weighted by Crippen LogP contribution is 2.46. The topological polar surface area (TPSA) is 80.6 Å². The van der Waals surface area contributed by atoms with Crippen molar-refractivity contribution in [2.24, 2.45) is 10.7 Å². The lowest BCUT2D eigenvalue weighted by Gasteiger charge is -2.37. The van der Waals surface area contributed by atoms with Gasteiger partial charge in [-0.25, -0.2) is 9.38 Å². The van der Waals surface area contributed by atoms with Crippen LogP contribution in [0.2, 0.25) is 0 Å². The maximum atomic E-state index is 14.4. The molecule has 2 atom stereocenters. The molecule has 0 aromatic heterocycles. The molecular formula is C22H22FN3O2. The van der Waals surface area contributed by atoms with E-state index in [1.165, 1.54) is 12.1 Å². The number of benzene rings is 2. The molecule has 144 valence electrons. The van der Waals surface area contributed by atoms with Crippen molar-refractivity contribution in [1.29, 1.82) is 5.26 Å². The molecule has 2 aromatic carbocycles. The van der Waals surface area contributed by atoms with Gasteiger partial charge in [-0.05, 0) is 42.3 Å². The van der Waals surface area contributed by atoms with Gasteiger partial charge in [0.15, 0.2) is 0 Å². The largest absolute Gasteiger partial charge is 0.490 e. The van der Waals surface area contributed by atoms with Crippen LogP contribution in [0.5, 0.6) is 5.75 Å². The van der Waals surface area contributed by atoms with Crippen molar-refractivity contribution in [2.75, 3.05) is 6.61 Å². The van der Waals surface area contributed by atoms with E-state index in [0.29, 0.717) is 29.7 Å². The van der Waals surface area contributed by atoms with Gasteiger partial charge in [0.05, 0.1) is 11.6 Å². The number of unbranched alkanes of at least 4 members (excludes halogenated alkanes) is 1. The normalized spacial score (nSPS) is 22.8. The summed E-state index contributed by atoms with van der Waals surface area (Å²) < 4.78 is 26.2. The van der Waals surface area contributed by atoms with Crippen LogP contribution in [-0.4, -0.2) is 18.7 Å². The first kappa shape index (κ1) is 18.3. The van der Waals surface area contributed by atoms with Crippen molar-refractivity contribution in [1.82, 2.24) is 0 Å². The predicted molar refractivity (Wildman–Crippen MR) is 104 cm³/mol. The van der Waals surface area contributed by atoms with Gasteiger partial charge in [-0.1, -0.05) is 25.8 Å². The summed E-state index contributed by atoms with van der Waals surface area (Å²) in [7, 11) is 0. The number of rotatable bonds is 4. The van der Waals surface area contributed by atoms with Gasteiger partial charge in [-0.15, -0.1) is 0 Å². The number of hydrogen-bond donors (Lipinski definition) is 1. The molecule has 2 aliphatic heterocycles. The molecule has 28 heavy (non-hydrogen) atoms. The lowest BCUT2D eigenvalue weighted by Crippen LogP contribution is -2.38. The van der Waals surface area contributed by atoms with Crippen LogP contribution in [-0.2, 0) is 10.3 Å². The molecule has 2 unspecified atom stereocenters. The number of ether oxygens (including phenoxy) is 2. The molecule has 2 aromatic rings. The van der Waals surface area contributed by atoms with E-state index in [9.17, 15) is 4.39 Å². The smallest absolute Gasteiger partial charge is 0.283 e. The fraction of sp³-hybridized carbons (Fsp3) is 0.364. The molecule has 0 saturated heterocycles. The number of halogens is 1. The van der Waals surface area contributed by atoms with Crippen LogP contribution in [0, 0.1) is 17.1 Å². The zero-order chi connectivity index (χ0) is 19.7. The van der Waals surface area contributed by atoms with E-state index in [1.807, 2.05) is 18.2 Å². The highest BCUT2D eigenvalue weighted by atomic mass is 19.1. The van der Waals surface area contributed by atoms with Crippen molar-refractivity contribution in [3.63, 3.8) is 0 Å². The van der Waals surface area contributed by atoms with Gasteiger partial charge in [0.1, 0.15) is 29.8 Å². The molecule has 0 radical (unpaired) electrons. The molecule has 0 bridgehead atoms. The summed E-state index contributed by atoms with van der Waals surface area (Å²) >= 11 is 0. The monoisotopic (exact) mass is 379 g/mol. The lowest BCUT2D eigenvalue weighted by atomic mass is 9.81. The predicted octanol–water partition coefficient (Wildman–Crippen LogP) is 4.25. The Morgan fingerprint density at radius 1 is 1.32 bits per heavy atom. The molecule has 0 saturated carbocycles. The Labute approximate surface area is 163 Å². The summed E-state index contributed by atoms with van der Waals surface area (Å²) in [4.78, 5) is 4.62. The first-order valence-corrected chi connectivity index (χ1v) is 9.54. The van der Waals surface area contributed by atoms with Crippen LogP contribution in [0.25, 0.3) is 11.1 Å². The summed E-state index contributed by atoms with van der Waals surface area (Å²) in [5.41, 5.74) is 7.53. The van der Waals surface area contributed by atoms with Crippen molar-refractivity contribution >= 4 is 6.02 Å². The Morgan fingerprint density at radius 2 is 2.18 bits per heavy atom. The Bertz CT molecular complexity index is 982. The molecule has 5 nitrogen and oxygen atoms in total. The molecule has 2 aliphatic rings. The number of nitrogens with two attached hydrogens (primary N) is 1. The van der Waals surface area contributed by atoms with Crippen LogP contribution < -0.4 is 10.5 Å². The second kappa shape index (κ2) is 7.16. The minimum atomic E-state index is -0.616. The van der Waals surface area contributed by atoms with Gasteiger partial charge in [-0.2, -0.15) is 5.26 Å². The minimum absolute atomic E-state index is 0.0372. The van der Waals surface area contributed by atoms with E-state index < -0.39 is 5.54 Å². The first-order valence-electron chi connectivity index (χ1n) is 9.54. The lowest BCUT2D eigenvalue weighted by molar-refractivity contribution is 0.0988. The van der Waals surface area contributed by atoms with Crippen molar-refractivity contribution < 1.29 is 13.9 Å². The zero-order valence-corrected chi connectivity index (χ0v) is 15.7. The van der Waals surface area contributed by atoms with E-state index in [0.717, 1.165) is 30.6 Å². The highest BCUT2D eigenvalue weighted by molar-refractivity contribution is 5.75. The summed E-state index contributed by atoms with van der Waals surface area (Å²) in [6.45, 7) is 2.50. The zero-order valence-electron chi connectivity index (χ0n) is 15.7. The Kier molecular flexibility index (Phi) is 4.68. The Morgan fingerprint density at radius 3 is 2.89 bits per heavy atom. The standard InChI is InChI=1S/C22H22FN3O2/c1-2-3-4-16-11-22(13-27-21(25)26-22)18-10-15(6-8-20(18)28-16)17-9-14(12-24)5-7-19(17)23/h5-10,16H,2-4,11,13H2,1H3,(H2,25,26). The van der Waals surface area contributed by atoms with Crippen LogP contribution in [0.3, 0.4) is 0 Å². The highest BCUT2D eigenvalue weighted by Gasteiger charge is 2.46. The van der Waals surface area contributed by atoms with Crippen LogP contribution in [0.1, 0.15) is 43.7 Å². The Balaban J connectivity index is 1.79. The van der Waals surface area contributed by atoms with Crippen molar-refractivity contribution in [3.05, 3.63) is 53.3 Å². The van der Waals surface area contributed by atoms with E-state index in [1.54, 1.807) is 6.07 Å². The maximum absolute atomic E-state index is 14.4. The van der Waals surface area contributed by atoms with E-state index >= 15 is 0 Å². The Hall–Kier alpha value is -3.07. The average molecular weight is 379 g/mol. The molecule has 4 rings (SSSR count). The van der Waals surface area contributed by atoms with Gasteiger partial charge in [0.2, 0.25) is 0 Å². The third kappa shape index (κ3) is 3.18. The SMILES string of the molecule is CCCCC1CC2(COC(N)=N2)c2cc(-c3cc(C#N)ccc3F)ccc2O1. The fourth-order valence-electron chi connectivity index (χ4n) is 3.99. The van der Waals surface area contributed by atoms with Crippen LogP contribution in [0.15, 0.2) is 41.4 Å². The molecule has 2 N–H and O–H groups in total. The second-order valence-electron chi connectivity index (χ2n) is 7.37. The first-order chi connectivity index (χ1) is 13.5.